The fourth-order valence-electron chi connectivity index (χ4n) is 2.92. The number of ether oxygens (including phenoxy) is 1. The van der Waals surface area contributed by atoms with Crippen LogP contribution in [0.3, 0.4) is 0 Å². The van der Waals surface area contributed by atoms with Crippen LogP contribution in [0.5, 0.6) is 5.75 Å². The average molecular weight is 596 g/mol. The second-order valence-corrected chi connectivity index (χ2v) is 11.2. The number of azo groups is 1. The van der Waals surface area contributed by atoms with E-state index in [1.54, 1.807) is 32.9 Å². The average Bonchev–Trinajstić information content (AvgIpc) is 2.77. The van der Waals surface area contributed by atoms with E-state index >= 15 is 0 Å². The molecular formula is C19H23N3Na2O10S3. The van der Waals surface area contributed by atoms with Crippen LogP contribution in [-0.4, -0.2) is 46.7 Å². The topological polar surface area (TPSA) is 188 Å². The maximum atomic E-state index is 12.7. The van der Waals surface area contributed by atoms with E-state index < -0.39 is 25.8 Å². The first-order valence-electron chi connectivity index (χ1n) is 9.74. The first-order valence-corrected chi connectivity index (χ1v) is 13.6. The van der Waals surface area contributed by atoms with Gasteiger partial charge in [-0.15, -0.1) is 9.45 Å². The molecule has 18 heteroatoms. The number of nitrogens with one attached hydrogen (secondary N) is 1. The first kappa shape index (κ1) is 36.7. The van der Waals surface area contributed by atoms with Gasteiger partial charge in [0.05, 0.1) is 30.1 Å². The maximum Gasteiger partial charge on any atom is 1.00 e. The summed E-state index contributed by atoms with van der Waals surface area (Å²) >= 11 is 0.219. The molecule has 2 aromatic carbocycles. The zero-order valence-corrected chi connectivity index (χ0v) is 27.6. The van der Waals surface area contributed by atoms with Gasteiger partial charge in [0.1, 0.15) is 27.4 Å². The van der Waals surface area contributed by atoms with Crippen LogP contribution in [-0.2, 0) is 33.5 Å². The molecule has 0 saturated heterocycles. The Balaban J connectivity index is 0.00000648. The summed E-state index contributed by atoms with van der Waals surface area (Å²) in [5.74, 6) is -0.961. The summed E-state index contributed by atoms with van der Waals surface area (Å²) in [5, 5.41) is 23.8. The SMILES string of the molecule is COc1cc(S(=O)(=O)CCOSOO[O-])c(C)cc1N=Nc1cc(C)c(NCS(=O)(=O)[O-])cc1C.[Na+].[Na+]. The van der Waals surface area contributed by atoms with Crippen molar-refractivity contribution in [3.63, 3.8) is 0 Å². The summed E-state index contributed by atoms with van der Waals surface area (Å²) in [6.07, 6.45) is 0. The third-order valence-electron chi connectivity index (χ3n) is 4.60. The molecule has 0 spiro atoms. The summed E-state index contributed by atoms with van der Waals surface area (Å²) in [5.41, 5.74) is 2.94. The molecule has 37 heavy (non-hydrogen) atoms. The predicted molar refractivity (Wildman–Crippen MR) is 124 cm³/mol. The molecule has 0 fully saturated rings. The van der Waals surface area contributed by atoms with Gasteiger partial charge in [0.15, 0.2) is 22.2 Å². The standard InChI is InChI=1S/C19H25N3O10S3.2Na/c1-12-8-16(13(2)7-15(12)20-11-35(26,27)28)21-22-17-9-14(3)19(10-18(17)29-4)34(24,25)6-5-30-33-32-31-23;;/h7-10,20,23H,5-6,11H2,1-4H3,(H,26,27,28);;/q;2*+1/p-2. The number of rotatable bonds is 13. The molecular weight excluding hydrogens is 572 g/mol. The van der Waals surface area contributed by atoms with E-state index in [0.717, 1.165) is 0 Å². The molecule has 13 nitrogen and oxygen atoms in total. The van der Waals surface area contributed by atoms with Gasteiger partial charge in [-0.2, -0.15) is 5.11 Å². The van der Waals surface area contributed by atoms with E-state index in [1.165, 1.54) is 19.2 Å². The van der Waals surface area contributed by atoms with Gasteiger partial charge in [-0.1, -0.05) is 0 Å². The Bertz CT molecular complexity index is 1290. The van der Waals surface area contributed by atoms with Crippen molar-refractivity contribution in [1.82, 2.24) is 0 Å². The second kappa shape index (κ2) is 16.7. The Morgan fingerprint density at radius 2 is 1.57 bits per heavy atom. The van der Waals surface area contributed by atoms with E-state index in [1.807, 2.05) is 0 Å². The molecule has 0 saturated carbocycles. The van der Waals surface area contributed by atoms with Crippen LogP contribution in [0.2, 0.25) is 0 Å². The zero-order valence-electron chi connectivity index (χ0n) is 21.1. The van der Waals surface area contributed by atoms with Crippen molar-refractivity contribution in [1.29, 1.82) is 0 Å². The van der Waals surface area contributed by atoms with Crippen molar-refractivity contribution in [2.75, 3.05) is 30.7 Å². The van der Waals surface area contributed by atoms with Gasteiger partial charge in [-0.25, -0.2) is 16.8 Å². The van der Waals surface area contributed by atoms with Crippen LogP contribution in [0.15, 0.2) is 39.4 Å². The third-order valence-corrected chi connectivity index (χ3v) is 7.28. The number of benzene rings is 2. The molecule has 0 aliphatic carbocycles. The number of nitrogens with zero attached hydrogens (tertiary/aromatic N) is 2. The molecule has 0 bridgehead atoms. The van der Waals surface area contributed by atoms with Crippen molar-refractivity contribution >= 4 is 49.3 Å². The predicted octanol–water partition coefficient (Wildman–Crippen LogP) is -3.46. The fourth-order valence-corrected chi connectivity index (χ4v) is 4.93. The van der Waals surface area contributed by atoms with Crippen molar-refractivity contribution in [3.8, 4) is 5.75 Å². The van der Waals surface area contributed by atoms with E-state index in [-0.39, 0.29) is 100 Å². The number of hydrogen-bond donors (Lipinski definition) is 1. The maximum absolute atomic E-state index is 12.7. The van der Waals surface area contributed by atoms with E-state index in [9.17, 15) is 26.6 Å². The number of methoxy groups -OCH3 is 1. The summed E-state index contributed by atoms with van der Waals surface area (Å²) in [6.45, 7) is 4.78. The third kappa shape index (κ3) is 11.8. The summed E-state index contributed by atoms with van der Waals surface area (Å²) in [4.78, 5) is 0.0127. The molecule has 0 aromatic heterocycles. The fraction of sp³-hybridized carbons (Fsp3) is 0.368. The minimum Gasteiger partial charge on any atom is -0.747 e. The number of aryl methyl sites for hydroxylation is 3. The van der Waals surface area contributed by atoms with Gasteiger partial charge in [0.2, 0.25) is 0 Å². The molecule has 0 atom stereocenters. The van der Waals surface area contributed by atoms with Crippen LogP contribution >= 0.6 is 12.3 Å². The van der Waals surface area contributed by atoms with Crippen LogP contribution in [0, 0.1) is 20.8 Å². The van der Waals surface area contributed by atoms with Crippen molar-refractivity contribution < 1.29 is 104 Å². The van der Waals surface area contributed by atoms with Gasteiger partial charge >= 0.3 is 59.1 Å². The largest absolute Gasteiger partial charge is 1.00 e. The smallest absolute Gasteiger partial charge is 0.747 e. The molecule has 2 aromatic rings. The Morgan fingerprint density at radius 1 is 0.946 bits per heavy atom. The van der Waals surface area contributed by atoms with Gasteiger partial charge in [0.25, 0.3) is 0 Å². The molecule has 0 aliphatic heterocycles. The molecule has 0 radical (unpaired) electrons. The number of sulfone groups is 1. The summed E-state index contributed by atoms with van der Waals surface area (Å²) in [6, 6.07) is 6.15. The van der Waals surface area contributed by atoms with Crippen LogP contribution < -0.4 is 74.4 Å². The second-order valence-electron chi connectivity index (χ2n) is 7.17. The zero-order chi connectivity index (χ0) is 26.2. The monoisotopic (exact) mass is 595 g/mol. The number of anilines is 1. The Morgan fingerprint density at radius 3 is 2.16 bits per heavy atom. The Labute approximate surface area is 264 Å². The molecule has 0 aliphatic rings. The normalized spacial score (nSPS) is 11.6. The Hall–Kier alpha value is -0.310. The molecule has 0 amide bonds. The summed E-state index contributed by atoms with van der Waals surface area (Å²) < 4.78 is 71.9. The van der Waals surface area contributed by atoms with Crippen LogP contribution in [0.1, 0.15) is 16.7 Å². The van der Waals surface area contributed by atoms with Gasteiger partial charge in [0, 0.05) is 11.8 Å². The molecule has 0 heterocycles. The van der Waals surface area contributed by atoms with Crippen molar-refractivity contribution in [2.45, 2.75) is 25.7 Å². The molecule has 0 unspecified atom stereocenters. The quantitative estimate of drug-likeness (QED) is 0.0459. The molecule has 194 valence electrons. The minimum atomic E-state index is -4.43. The van der Waals surface area contributed by atoms with Crippen LogP contribution in [0.25, 0.3) is 0 Å². The van der Waals surface area contributed by atoms with E-state index in [4.69, 9.17) is 8.92 Å². The van der Waals surface area contributed by atoms with Crippen molar-refractivity contribution in [2.24, 2.45) is 10.2 Å². The van der Waals surface area contributed by atoms with E-state index in [0.29, 0.717) is 28.1 Å². The molecule has 1 N–H and O–H groups in total. The van der Waals surface area contributed by atoms with Gasteiger partial charge < -0.3 is 19.9 Å². The van der Waals surface area contributed by atoms with Crippen molar-refractivity contribution in [3.05, 3.63) is 41.0 Å². The Kier molecular flexibility index (Phi) is 16.6. The molecule has 2 rings (SSSR count). The van der Waals surface area contributed by atoms with Crippen LogP contribution in [0.4, 0.5) is 17.1 Å². The first-order chi connectivity index (χ1) is 16.4. The summed E-state index contributed by atoms with van der Waals surface area (Å²) in [7, 11) is -6.84. The van der Waals surface area contributed by atoms with E-state index in [2.05, 4.69) is 24.9 Å². The minimum absolute atomic E-state index is 0. The number of hydrogen-bond acceptors (Lipinski definition) is 14. The van der Waals surface area contributed by atoms with Gasteiger partial charge in [-0.3, -0.25) is 9.22 Å². The van der Waals surface area contributed by atoms with Gasteiger partial charge in [-0.05, 0) is 55.7 Å².